The zero-order chi connectivity index (χ0) is 22.4. The fourth-order valence-corrected chi connectivity index (χ4v) is 3.97. The molecule has 0 spiro atoms. The minimum absolute atomic E-state index is 0.0800. The van der Waals surface area contributed by atoms with Crippen molar-refractivity contribution >= 4 is 16.8 Å². The molecule has 0 aliphatic carbocycles. The number of H-pyrrole nitrogens is 1. The number of fused-ring (bicyclic) bond motifs is 1. The van der Waals surface area contributed by atoms with Gasteiger partial charge in [0.05, 0.1) is 5.56 Å². The van der Waals surface area contributed by atoms with Crippen LogP contribution in [-0.2, 0) is 22.1 Å². The summed E-state index contributed by atoms with van der Waals surface area (Å²) in [7, 11) is 1.58. The van der Waals surface area contributed by atoms with Crippen molar-refractivity contribution in [1.29, 1.82) is 0 Å². The molecule has 0 aliphatic heterocycles. The minimum Gasteiger partial charge on any atom is -0.385 e. The van der Waals surface area contributed by atoms with Gasteiger partial charge in [0.15, 0.2) is 0 Å². The highest BCUT2D eigenvalue weighted by molar-refractivity contribution is 5.88. The topological polar surface area (TPSA) is 54.1 Å². The van der Waals surface area contributed by atoms with E-state index in [-0.39, 0.29) is 17.9 Å². The summed E-state index contributed by atoms with van der Waals surface area (Å²) in [6, 6.07) is 11.3. The average Bonchev–Trinajstić information content (AvgIpc) is 3.18. The molecule has 1 atom stereocenters. The molecule has 31 heavy (non-hydrogen) atoms. The first kappa shape index (κ1) is 22.9. The van der Waals surface area contributed by atoms with Crippen molar-refractivity contribution in [3.63, 3.8) is 0 Å². The quantitative estimate of drug-likeness (QED) is 0.444. The second-order valence-corrected chi connectivity index (χ2v) is 7.48. The predicted octanol–water partition coefficient (Wildman–Crippen LogP) is 5.42. The standard InChI is InChI=1S/C24H27F3N2O2/c1-3-16-8-6-10-18-20(15-29-23(16)18)19(14-22(30)28-12-7-13-31-2)17-9-4-5-11-21(17)24(25,26)27/h4-6,8-11,15,19,29H,3,7,12-14H2,1-2H3,(H,28,30). The number of methoxy groups -OCH3 is 1. The number of aromatic nitrogens is 1. The molecule has 1 unspecified atom stereocenters. The van der Waals surface area contributed by atoms with Crippen LogP contribution in [0.2, 0.25) is 0 Å². The maximum absolute atomic E-state index is 13.8. The van der Waals surface area contributed by atoms with Crippen LogP contribution < -0.4 is 5.32 Å². The smallest absolute Gasteiger partial charge is 0.385 e. The summed E-state index contributed by atoms with van der Waals surface area (Å²) in [6.45, 7) is 2.94. The first-order valence-electron chi connectivity index (χ1n) is 10.4. The van der Waals surface area contributed by atoms with E-state index in [2.05, 4.69) is 10.3 Å². The minimum atomic E-state index is -4.51. The van der Waals surface area contributed by atoms with Crippen LogP contribution in [0.1, 0.15) is 47.9 Å². The Hall–Kier alpha value is -2.80. The number of benzene rings is 2. The second kappa shape index (κ2) is 10.0. The Morgan fingerprint density at radius 3 is 2.61 bits per heavy atom. The highest BCUT2D eigenvalue weighted by atomic mass is 19.4. The lowest BCUT2D eigenvalue weighted by Crippen LogP contribution is -2.27. The van der Waals surface area contributed by atoms with Crippen molar-refractivity contribution in [2.75, 3.05) is 20.3 Å². The van der Waals surface area contributed by atoms with Crippen LogP contribution in [0.4, 0.5) is 13.2 Å². The molecule has 1 aromatic heterocycles. The van der Waals surface area contributed by atoms with Gasteiger partial charge >= 0.3 is 6.18 Å². The van der Waals surface area contributed by atoms with Crippen molar-refractivity contribution in [1.82, 2.24) is 10.3 Å². The van der Waals surface area contributed by atoms with Gasteiger partial charge in [0.2, 0.25) is 5.91 Å². The lowest BCUT2D eigenvalue weighted by atomic mass is 9.84. The van der Waals surface area contributed by atoms with E-state index in [0.29, 0.717) is 25.1 Å². The number of para-hydroxylation sites is 1. The van der Waals surface area contributed by atoms with Crippen LogP contribution in [0.15, 0.2) is 48.7 Å². The highest BCUT2D eigenvalue weighted by Gasteiger charge is 2.36. The van der Waals surface area contributed by atoms with Crippen LogP contribution >= 0.6 is 0 Å². The van der Waals surface area contributed by atoms with Gasteiger partial charge in [-0.2, -0.15) is 13.2 Å². The van der Waals surface area contributed by atoms with E-state index in [1.165, 1.54) is 12.1 Å². The van der Waals surface area contributed by atoms with E-state index in [9.17, 15) is 18.0 Å². The maximum Gasteiger partial charge on any atom is 0.416 e. The summed E-state index contributed by atoms with van der Waals surface area (Å²) < 4.78 is 46.3. The maximum atomic E-state index is 13.8. The molecular weight excluding hydrogens is 405 g/mol. The van der Waals surface area contributed by atoms with Gasteiger partial charge in [-0.3, -0.25) is 4.79 Å². The summed E-state index contributed by atoms with van der Waals surface area (Å²) in [4.78, 5) is 15.9. The number of amides is 1. The molecule has 0 saturated heterocycles. The third kappa shape index (κ3) is 5.28. The fourth-order valence-electron chi connectivity index (χ4n) is 3.97. The van der Waals surface area contributed by atoms with Crippen LogP contribution in [-0.4, -0.2) is 31.2 Å². The Morgan fingerprint density at radius 1 is 1.13 bits per heavy atom. The molecule has 0 bridgehead atoms. The van der Waals surface area contributed by atoms with E-state index in [1.807, 2.05) is 25.1 Å². The van der Waals surface area contributed by atoms with Gasteiger partial charge < -0.3 is 15.0 Å². The first-order chi connectivity index (χ1) is 14.9. The normalized spacial score (nSPS) is 12.8. The van der Waals surface area contributed by atoms with E-state index in [0.717, 1.165) is 29.0 Å². The molecule has 1 amide bonds. The molecule has 1 heterocycles. The Labute approximate surface area is 179 Å². The molecule has 3 rings (SSSR count). The lowest BCUT2D eigenvalue weighted by molar-refractivity contribution is -0.138. The van der Waals surface area contributed by atoms with Crippen molar-refractivity contribution < 1.29 is 22.7 Å². The van der Waals surface area contributed by atoms with Gasteiger partial charge in [-0.25, -0.2) is 0 Å². The number of rotatable bonds is 9. The molecule has 166 valence electrons. The number of hydrogen-bond donors (Lipinski definition) is 2. The number of aryl methyl sites for hydroxylation is 1. The van der Waals surface area contributed by atoms with Crippen LogP contribution in [0.25, 0.3) is 10.9 Å². The Balaban J connectivity index is 2.04. The molecular formula is C24H27F3N2O2. The Kier molecular flexibility index (Phi) is 7.38. The summed E-state index contributed by atoms with van der Waals surface area (Å²) in [5.41, 5.74) is 2.05. The van der Waals surface area contributed by atoms with E-state index >= 15 is 0 Å². The Bertz CT molecular complexity index is 1030. The molecule has 0 aliphatic rings. The number of ether oxygens (including phenoxy) is 1. The van der Waals surface area contributed by atoms with Crippen molar-refractivity contribution in [2.24, 2.45) is 0 Å². The SMILES string of the molecule is CCc1cccc2c(C(CC(=O)NCCCOC)c3ccccc3C(F)(F)F)c[nH]c12. The van der Waals surface area contributed by atoms with Gasteiger partial charge in [-0.1, -0.05) is 43.3 Å². The molecule has 0 fully saturated rings. The molecule has 0 radical (unpaired) electrons. The van der Waals surface area contributed by atoms with Gasteiger partial charge in [-0.05, 0) is 35.6 Å². The molecule has 2 aromatic carbocycles. The second-order valence-electron chi connectivity index (χ2n) is 7.48. The highest BCUT2D eigenvalue weighted by Crippen LogP contribution is 2.41. The predicted molar refractivity (Wildman–Crippen MR) is 115 cm³/mol. The molecule has 0 saturated carbocycles. The van der Waals surface area contributed by atoms with Crippen LogP contribution in [0.3, 0.4) is 0 Å². The van der Waals surface area contributed by atoms with Crippen molar-refractivity contribution in [3.8, 4) is 0 Å². The number of carbonyl (C=O) groups is 1. The number of alkyl halides is 3. The van der Waals surface area contributed by atoms with Crippen LogP contribution in [0, 0.1) is 0 Å². The van der Waals surface area contributed by atoms with Crippen molar-refractivity contribution in [3.05, 3.63) is 70.9 Å². The zero-order valence-electron chi connectivity index (χ0n) is 17.7. The largest absolute Gasteiger partial charge is 0.416 e. The molecule has 7 heteroatoms. The summed E-state index contributed by atoms with van der Waals surface area (Å²) in [5, 5.41) is 3.64. The van der Waals surface area contributed by atoms with Gasteiger partial charge in [0.1, 0.15) is 0 Å². The summed E-state index contributed by atoms with van der Waals surface area (Å²) in [6.07, 6.45) is -1.42. The molecule has 4 nitrogen and oxygen atoms in total. The van der Waals surface area contributed by atoms with Gasteiger partial charge in [-0.15, -0.1) is 0 Å². The summed E-state index contributed by atoms with van der Waals surface area (Å²) in [5.74, 6) is -1.03. The fraction of sp³-hybridized carbons (Fsp3) is 0.375. The number of carbonyl (C=O) groups excluding carboxylic acids is 1. The first-order valence-corrected chi connectivity index (χ1v) is 10.4. The number of halogens is 3. The number of nitrogens with one attached hydrogen (secondary N) is 2. The lowest BCUT2D eigenvalue weighted by Gasteiger charge is -2.22. The average molecular weight is 432 g/mol. The number of hydrogen-bond acceptors (Lipinski definition) is 2. The van der Waals surface area contributed by atoms with Gasteiger partial charge in [0, 0.05) is 49.7 Å². The van der Waals surface area contributed by atoms with E-state index in [1.54, 1.807) is 19.4 Å². The third-order valence-corrected chi connectivity index (χ3v) is 5.47. The zero-order valence-corrected chi connectivity index (χ0v) is 17.7. The van der Waals surface area contributed by atoms with E-state index < -0.39 is 17.7 Å². The third-order valence-electron chi connectivity index (χ3n) is 5.47. The van der Waals surface area contributed by atoms with Crippen LogP contribution in [0.5, 0.6) is 0 Å². The molecule has 3 aromatic rings. The monoisotopic (exact) mass is 432 g/mol. The molecule has 2 N–H and O–H groups in total. The van der Waals surface area contributed by atoms with E-state index in [4.69, 9.17) is 4.74 Å². The van der Waals surface area contributed by atoms with Gasteiger partial charge in [0.25, 0.3) is 0 Å². The number of aromatic amines is 1. The van der Waals surface area contributed by atoms with Crippen molar-refractivity contribution in [2.45, 2.75) is 38.3 Å². The Morgan fingerprint density at radius 2 is 1.90 bits per heavy atom. The summed E-state index contributed by atoms with van der Waals surface area (Å²) >= 11 is 0.